The molecule has 15 heavy (non-hydrogen) atoms. The van der Waals surface area contributed by atoms with Crippen molar-refractivity contribution in [2.75, 3.05) is 18.4 Å². The van der Waals surface area contributed by atoms with E-state index < -0.39 is 0 Å². The lowest BCUT2D eigenvalue weighted by Crippen LogP contribution is -2.31. The minimum atomic E-state index is 0.00433. The van der Waals surface area contributed by atoms with Crippen LogP contribution in [-0.2, 0) is 0 Å². The molecule has 1 saturated heterocycles. The van der Waals surface area contributed by atoms with Crippen molar-refractivity contribution in [3.63, 3.8) is 0 Å². The van der Waals surface area contributed by atoms with Gasteiger partial charge in [-0.15, -0.1) is 0 Å². The highest BCUT2D eigenvalue weighted by Crippen LogP contribution is 2.32. The molecule has 82 valence electrons. The summed E-state index contributed by atoms with van der Waals surface area (Å²) in [6, 6.07) is 3.46. The molecule has 1 fully saturated rings. The van der Waals surface area contributed by atoms with E-state index in [9.17, 15) is 4.79 Å². The highest BCUT2D eigenvalue weighted by atomic mass is 79.9. The lowest BCUT2D eigenvalue weighted by Gasteiger charge is -2.21. The van der Waals surface area contributed by atoms with E-state index in [-0.39, 0.29) is 11.3 Å². The van der Waals surface area contributed by atoms with Crippen molar-refractivity contribution in [3.8, 4) is 0 Å². The molecule has 0 spiro atoms. The normalized spacial score (nSPS) is 25.9. The molecule has 0 saturated carbocycles. The lowest BCUT2D eigenvalue weighted by atomic mass is 9.93. The zero-order valence-corrected chi connectivity index (χ0v) is 10.3. The fourth-order valence-corrected chi connectivity index (χ4v) is 2.32. The minimum absolute atomic E-state index is 0.00433. The number of halogens is 1. The van der Waals surface area contributed by atoms with Crippen LogP contribution in [0.2, 0.25) is 0 Å². The summed E-state index contributed by atoms with van der Waals surface area (Å²) in [5.41, 5.74) is 0.211. The Hall–Kier alpha value is -0.770. The molecule has 2 heterocycles. The molecule has 1 atom stereocenters. The second kappa shape index (κ2) is 4.00. The number of rotatable bonds is 2. The van der Waals surface area contributed by atoms with Crippen LogP contribution in [0.3, 0.4) is 0 Å². The number of carbonyl (C=O) groups is 1. The number of furan rings is 1. The molecule has 1 aliphatic rings. The van der Waals surface area contributed by atoms with Crippen molar-refractivity contribution in [1.29, 1.82) is 0 Å². The van der Waals surface area contributed by atoms with E-state index in [1.54, 1.807) is 12.1 Å². The number of hydrogen-bond donors (Lipinski definition) is 0. The van der Waals surface area contributed by atoms with Crippen LogP contribution in [0.5, 0.6) is 0 Å². The molecule has 1 amide bonds. The molecule has 4 heteroatoms. The van der Waals surface area contributed by atoms with Crippen molar-refractivity contribution in [3.05, 3.63) is 24.2 Å². The number of hydrogen-bond acceptors (Lipinski definition) is 2. The van der Waals surface area contributed by atoms with Crippen LogP contribution in [-0.4, -0.2) is 29.2 Å². The van der Waals surface area contributed by atoms with Crippen molar-refractivity contribution in [1.82, 2.24) is 4.90 Å². The summed E-state index contributed by atoms with van der Waals surface area (Å²) in [6.45, 7) is 3.82. The Morgan fingerprint density at radius 3 is 3.07 bits per heavy atom. The number of carbonyl (C=O) groups excluding carboxylic acids is 1. The molecular formula is C11H14BrNO2. The molecule has 0 aromatic carbocycles. The maximum atomic E-state index is 11.9. The Kier molecular flexibility index (Phi) is 2.87. The second-order valence-electron chi connectivity index (χ2n) is 4.40. The van der Waals surface area contributed by atoms with Crippen LogP contribution in [0, 0.1) is 5.41 Å². The topological polar surface area (TPSA) is 33.5 Å². The van der Waals surface area contributed by atoms with Gasteiger partial charge in [0, 0.05) is 18.4 Å². The van der Waals surface area contributed by atoms with Gasteiger partial charge in [-0.05, 0) is 24.0 Å². The fourth-order valence-electron chi connectivity index (χ4n) is 1.86. The standard InChI is InChI=1S/C11H14BrNO2/c1-11(7-12)4-5-13(8-11)10(14)9-3-2-6-15-9/h2-3,6H,4-5,7-8H2,1H3. The number of alkyl halides is 1. The van der Waals surface area contributed by atoms with Gasteiger partial charge in [0.2, 0.25) is 0 Å². The maximum Gasteiger partial charge on any atom is 0.289 e. The quantitative estimate of drug-likeness (QED) is 0.775. The maximum absolute atomic E-state index is 11.9. The molecule has 1 aromatic rings. The molecule has 0 aliphatic carbocycles. The van der Waals surface area contributed by atoms with E-state index in [4.69, 9.17) is 4.42 Å². The zero-order valence-electron chi connectivity index (χ0n) is 8.70. The van der Waals surface area contributed by atoms with Crippen LogP contribution >= 0.6 is 15.9 Å². The van der Waals surface area contributed by atoms with Crippen LogP contribution < -0.4 is 0 Å². The third kappa shape index (κ3) is 2.09. The van der Waals surface area contributed by atoms with Gasteiger partial charge >= 0.3 is 0 Å². The van der Waals surface area contributed by atoms with Gasteiger partial charge in [-0.1, -0.05) is 22.9 Å². The molecule has 1 aliphatic heterocycles. The first kappa shape index (κ1) is 10.7. The van der Waals surface area contributed by atoms with E-state index in [0.29, 0.717) is 5.76 Å². The Labute approximate surface area is 97.6 Å². The van der Waals surface area contributed by atoms with E-state index in [1.165, 1.54) is 6.26 Å². The van der Waals surface area contributed by atoms with Gasteiger partial charge in [0.25, 0.3) is 5.91 Å². The van der Waals surface area contributed by atoms with E-state index in [1.807, 2.05) is 4.90 Å². The summed E-state index contributed by atoms with van der Waals surface area (Å²) in [6.07, 6.45) is 2.58. The molecular weight excluding hydrogens is 258 g/mol. The summed E-state index contributed by atoms with van der Waals surface area (Å²) < 4.78 is 5.11. The average Bonchev–Trinajstić information content (AvgIpc) is 2.86. The van der Waals surface area contributed by atoms with Gasteiger partial charge in [0.1, 0.15) is 0 Å². The largest absolute Gasteiger partial charge is 0.459 e. The summed E-state index contributed by atoms with van der Waals surface area (Å²) in [5.74, 6) is 0.443. The first-order chi connectivity index (χ1) is 7.14. The lowest BCUT2D eigenvalue weighted by molar-refractivity contribution is 0.0747. The molecule has 0 bridgehead atoms. The van der Waals surface area contributed by atoms with Crippen LogP contribution in [0.4, 0.5) is 0 Å². The van der Waals surface area contributed by atoms with Gasteiger partial charge in [0.15, 0.2) is 5.76 Å². The zero-order chi connectivity index (χ0) is 10.9. The first-order valence-electron chi connectivity index (χ1n) is 5.03. The van der Waals surface area contributed by atoms with Crippen molar-refractivity contribution < 1.29 is 9.21 Å². The van der Waals surface area contributed by atoms with Crippen LogP contribution in [0.25, 0.3) is 0 Å². The smallest absolute Gasteiger partial charge is 0.289 e. The molecule has 0 N–H and O–H groups in total. The van der Waals surface area contributed by atoms with Gasteiger partial charge in [-0.3, -0.25) is 4.79 Å². The monoisotopic (exact) mass is 271 g/mol. The summed E-state index contributed by atoms with van der Waals surface area (Å²) >= 11 is 3.50. The van der Waals surface area contributed by atoms with Gasteiger partial charge in [-0.2, -0.15) is 0 Å². The van der Waals surface area contributed by atoms with Gasteiger partial charge in [-0.25, -0.2) is 0 Å². The molecule has 0 radical (unpaired) electrons. The van der Waals surface area contributed by atoms with E-state index >= 15 is 0 Å². The van der Waals surface area contributed by atoms with E-state index in [0.717, 1.165) is 24.8 Å². The van der Waals surface area contributed by atoms with Crippen molar-refractivity contribution >= 4 is 21.8 Å². The van der Waals surface area contributed by atoms with Crippen molar-refractivity contribution in [2.45, 2.75) is 13.3 Å². The third-order valence-corrected chi connectivity index (χ3v) is 4.25. The number of nitrogens with zero attached hydrogens (tertiary/aromatic N) is 1. The Morgan fingerprint density at radius 2 is 2.53 bits per heavy atom. The Morgan fingerprint density at radius 1 is 1.73 bits per heavy atom. The minimum Gasteiger partial charge on any atom is -0.459 e. The highest BCUT2D eigenvalue weighted by Gasteiger charge is 2.35. The summed E-state index contributed by atoms with van der Waals surface area (Å²) in [5, 5.41) is 0.932. The number of likely N-dealkylation sites (tertiary alicyclic amines) is 1. The predicted octanol–water partition coefficient (Wildman–Crippen LogP) is 2.53. The highest BCUT2D eigenvalue weighted by molar-refractivity contribution is 9.09. The summed E-state index contributed by atoms with van der Waals surface area (Å²) in [4.78, 5) is 13.8. The van der Waals surface area contributed by atoms with Crippen LogP contribution in [0.1, 0.15) is 23.9 Å². The predicted molar refractivity (Wildman–Crippen MR) is 61.1 cm³/mol. The first-order valence-corrected chi connectivity index (χ1v) is 6.15. The third-order valence-electron chi connectivity index (χ3n) is 2.90. The molecule has 3 nitrogen and oxygen atoms in total. The van der Waals surface area contributed by atoms with E-state index in [2.05, 4.69) is 22.9 Å². The van der Waals surface area contributed by atoms with Crippen molar-refractivity contribution in [2.24, 2.45) is 5.41 Å². The van der Waals surface area contributed by atoms with Gasteiger partial charge in [0.05, 0.1) is 6.26 Å². The molecule has 1 unspecified atom stereocenters. The average molecular weight is 272 g/mol. The molecule has 1 aromatic heterocycles. The van der Waals surface area contributed by atoms with Crippen LogP contribution in [0.15, 0.2) is 22.8 Å². The summed E-state index contributed by atoms with van der Waals surface area (Å²) in [7, 11) is 0. The Bertz CT molecular complexity index is 349. The molecule has 2 rings (SSSR count). The number of amides is 1. The Balaban J connectivity index is 2.06. The van der Waals surface area contributed by atoms with Gasteiger partial charge < -0.3 is 9.32 Å². The second-order valence-corrected chi connectivity index (χ2v) is 4.96. The SMILES string of the molecule is CC1(CBr)CCN(C(=O)c2ccco2)C1. The fraction of sp³-hybridized carbons (Fsp3) is 0.545.